The Hall–Kier alpha value is -3.35. The van der Waals surface area contributed by atoms with Crippen molar-refractivity contribution in [2.24, 2.45) is 5.92 Å². The highest BCUT2D eigenvalue weighted by atomic mass is 16.5. The summed E-state index contributed by atoms with van der Waals surface area (Å²) >= 11 is 0. The van der Waals surface area contributed by atoms with Crippen LogP contribution in [0.3, 0.4) is 0 Å². The van der Waals surface area contributed by atoms with Crippen LogP contribution in [0, 0.1) is 5.92 Å². The van der Waals surface area contributed by atoms with E-state index in [-0.39, 0.29) is 0 Å². The summed E-state index contributed by atoms with van der Waals surface area (Å²) in [5, 5.41) is 0. The van der Waals surface area contributed by atoms with Gasteiger partial charge in [0, 0.05) is 11.1 Å². The molecule has 2 amide bonds. The lowest BCUT2D eigenvalue weighted by Gasteiger charge is -2.10. The van der Waals surface area contributed by atoms with Crippen LogP contribution in [0.4, 0.5) is 0 Å². The zero-order chi connectivity index (χ0) is 19.8. The Morgan fingerprint density at radius 1 is 0.815 bits per heavy atom. The first-order valence-corrected chi connectivity index (χ1v) is 8.42. The van der Waals surface area contributed by atoms with Gasteiger partial charge in [-0.3, -0.25) is 20.4 Å². The van der Waals surface area contributed by atoms with Crippen LogP contribution in [0.25, 0.3) is 0 Å². The Kier molecular flexibility index (Phi) is 6.93. The number of amides is 2. The summed E-state index contributed by atoms with van der Waals surface area (Å²) in [4.78, 5) is 35.6. The molecule has 2 aromatic rings. The summed E-state index contributed by atoms with van der Waals surface area (Å²) in [6.07, 6.45) is 0. The average molecular weight is 370 g/mol. The fraction of sp³-hybridized carbons (Fsp3) is 0.250. The van der Waals surface area contributed by atoms with Crippen molar-refractivity contribution < 1.29 is 23.9 Å². The molecule has 0 unspecified atom stereocenters. The van der Waals surface area contributed by atoms with Crippen LogP contribution in [0.5, 0.6) is 5.75 Å². The summed E-state index contributed by atoms with van der Waals surface area (Å²) in [5.74, 6) is -0.363. The lowest BCUT2D eigenvalue weighted by Crippen LogP contribution is -2.41. The highest BCUT2D eigenvalue weighted by Crippen LogP contribution is 2.13. The summed E-state index contributed by atoms with van der Waals surface area (Å²) < 4.78 is 10.2. The van der Waals surface area contributed by atoms with E-state index >= 15 is 0 Å². The molecule has 0 aliphatic carbocycles. The van der Waals surface area contributed by atoms with E-state index in [1.165, 1.54) is 31.4 Å². The minimum absolute atomic E-state index is 0.292. The molecular weight excluding hydrogens is 348 g/mol. The van der Waals surface area contributed by atoms with Gasteiger partial charge in [-0.15, -0.1) is 0 Å². The van der Waals surface area contributed by atoms with Crippen molar-refractivity contribution in [3.63, 3.8) is 0 Å². The van der Waals surface area contributed by atoms with Gasteiger partial charge in [-0.2, -0.15) is 0 Å². The molecule has 142 valence electrons. The molecule has 7 heteroatoms. The number of rotatable bonds is 6. The minimum atomic E-state index is -0.503. The van der Waals surface area contributed by atoms with Crippen molar-refractivity contribution in [1.29, 1.82) is 0 Å². The maximum atomic E-state index is 12.1. The van der Waals surface area contributed by atoms with Gasteiger partial charge < -0.3 is 9.47 Å². The van der Waals surface area contributed by atoms with Gasteiger partial charge in [0.1, 0.15) is 5.75 Å². The predicted octanol–water partition coefficient (Wildman–Crippen LogP) is 2.58. The number of esters is 1. The van der Waals surface area contributed by atoms with Crippen LogP contribution in [-0.4, -0.2) is 31.5 Å². The molecule has 0 saturated carbocycles. The highest BCUT2D eigenvalue weighted by molar-refractivity contribution is 5.99. The zero-order valence-corrected chi connectivity index (χ0v) is 15.4. The molecule has 27 heavy (non-hydrogen) atoms. The third-order valence-corrected chi connectivity index (χ3v) is 3.56. The Morgan fingerprint density at radius 3 is 1.70 bits per heavy atom. The van der Waals surface area contributed by atoms with Crippen molar-refractivity contribution in [2.45, 2.75) is 13.8 Å². The number of carbonyl (C=O) groups excluding carboxylic acids is 3. The third-order valence-electron chi connectivity index (χ3n) is 3.56. The first-order valence-electron chi connectivity index (χ1n) is 8.42. The van der Waals surface area contributed by atoms with Gasteiger partial charge in [0.05, 0.1) is 19.3 Å². The summed E-state index contributed by atoms with van der Waals surface area (Å²) in [6, 6.07) is 12.5. The molecule has 2 aromatic carbocycles. The standard InChI is InChI=1S/C20H22N2O5/c1-13(2)12-27-17-10-8-15(9-11-17)19(24)22-21-18(23)14-4-6-16(7-5-14)20(25)26-3/h4-11,13H,12H2,1-3H3,(H,21,23)(H,22,24). The zero-order valence-electron chi connectivity index (χ0n) is 15.4. The Labute approximate surface area is 157 Å². The summed E-state index contributed by atoms with van der Waals surface area (Å²) in [6.45, 7) is 4.69. The van der Waals surface area contributed by atoms with Gasteiger partial charge >= 0.3 is 5.97 Å². The van der Waals surface area contributed by atoms with E-state index < -0.39 is 17.8 Å². The topological polar surface area (TPSA) is 93.7 Å². The fourth-order valence-electron chi connectivity index (χ4n) is 2.10. The molecule has 2 N–H and O–H groups in total. The van der Waals surface area contributed by atoms with Crippen molar-refractivity contribution in [3.05, 3.63) is 65.2 Å². The molecule has 0 radical (unpaired) electrons. The molecule has 0 aliphatic rings. The maximum absolute atomic E-state index is 12.1. The van der Waals surface area contributed by atoms with Crippen LogP contribution >= 0.6 is 0 Å². The number of carbonyl (C=O) groups is 3. The number of methoxy groups -OCH3 is 1. The summed E-state index contributed by atoms with van der Waals surface area (Å²) in [5.41, 5.74) is 5.68. The number of hydrogen-bond acceptors (Lipinski definition) is 5. The number of ether oxygens (including phenoxy) is 2. The molecule has 7 nitrogen and oxygen atoms in total. The maximum Gasteiger partial charge on any atom is 0.337 e. The van der Waals surface area contributed by atoms with Gasteiger partial charge in [-0.1, -0.05) is 13.8 Å². The highest BCUT2D eigenvalue weighted by Gasteiger charge is 2.11. The molecule has 0 atom stereocenters. The van der Waals surface area contributed by atoms with Crippen LogP contribution in [0.1, 0.15) is 44.9 Å². The molecular formula is C20H22N2O5. The molecule has 0 heterocycles. The monoisotopic (exact) mass is 370 g/mol. The van der Waals surface area contributed by atoms with Crippen LogP contribution in [-0.2, 0) is 4.74 Å². The first kappa shape index (κ1) is 20.0. The van der Waals surface area contributed by atoms with E-state index in [4.69, 9.17) is 4.74 Å². The Morgan fingerprint density at radius 2 is 1.26 bits per heavy atom. The largest absolute Gasteiger partial charge is 0.493 e. The molecule has 0 spiro atoms. The van der Waals surface area contributed by atoms with Gasteiger partial charge in [0.15, 0.2) is 0 Å². The minimum Gasteiger partial charge on any atom is -0.493 e. The molecule has 0 bridgehead atoms. The number of benzene rings is 2. The van der Waals surface area contributed by atoms with Crippen LogP contribution in [0.2, 0.25) is 0 Å². The van der Waals surface area contributed by atoms with Crippen LogP contribution < -0.4 is 15.6 Å². The Bertz CT molecular complexity index is 798. The van der Waals surface area contributed by atoms with Crippen molar-refractivity contribution in [1.82, 2.24) is 10.9 Å². The van der Waals surface area contributed by atoms with Gasteiger partial charge in [0.25, 0.3) is 11.8 Å². The quantitative estimate of drug-likeness (QED) is 0.602. The lowest BCUT2D eigenvalue weighted by atomic mass is 10.1. The fourth-order valence-corrected chi connectivity index (χ4v) is 2.10. The molecule has 0 aromatic heterocycles. The van der Waals surface area contributed by atoms with Crippen molar-refractivity contribution in [2.75, 3.05) is 13.7 Å². The predicted molar refractivity (Wildman–Crippen MR) is 99.5 cm³/mol. The van der Waals surface area contributed by atoms with Crippen LogP contribution in [0.15, 0.2) is 48.5 Å². The van der Waals surface area contributed by atoms with Crippen molar-refractivity contribution in [3.8, 4) is 5.75 Å². The van der Waals surface area contributed by atoms with Crippen molar-refractivity contribution >= 4 is 17.8 Å². The number of hydrogen-bond donors (Lipinski definition) is 2. The molecule has 0 aliphatic heterocycles. The molecule has 0 saturated heterocycles. The Balaban J connectivity index is 1.89. The molecule has 2 rings (SSSR count). The smallest absolute Gasteiger partial charge is 0.337 e. The number of hydrazine groups is 1. The van der Waals surface area contributed by atoms with E-state index in [0.29, 0.717) is 35.0 Å². The third kappa shape index (κ3) is 5.85. The second kappa shape index (κ2) is 9.38. The number of nitrogens with one attached hydrogen (secondary N) is 2. The van der Waals surface area contributed by atoms with E-state index in [9.17, 15) is 14.4 Å². The SMILES string of the molecule is COC(=O)c1ccc(C(=O)NNC(=O)c2ccc(OCC(C)C)cc2)cc1. The van der Waals surface area contributed by atoms with Gasteiger partial charge in [-0.25, -0.2) is 4.79 Å². The average Bonchev–Trinajstić information content (AvgIpc) is 2.70. The van der Waals surface area contributed by atoms with Gasteiger partial charge in [0.2, 0.25) is 0 Å². The van der Waals surface area contributed by atoms with E-state index in [0.717, 1.165) is 0 Å². The van der Waals surface area contributed by atoms with E-state index in [1.54, 1.807) is 24.3 Å². The summed E-state index contributed by atoms with van der Waals surface area (Å²) in [7, 11) is 1.28. The second-order valence-corrected chi connectivity index (χ2v) is 6.21. The normalized spacial score (nSPS) is 10.2. The van der Waals surface area contributed by atoms with Gasteiger partial charge in [-0.05, 0) is 54.4 Å². The first-order chi connectivity index (χ1) is 12.9. The van der Waals surface area contributed by atoms with E-state index in [2.05, 4.69) is 15.6 Å². The molecule has 0 fully saturated rings. The second-order valence-electron chi connectivity index (χ2n) is 6.21. The van der Waals surface area contributed by atoms with E-state index in [1.807, 2.05) is 13.8 Å². The lowest BCUT2D eigenvalue weighted by molar-refractivity contribution is 0.0600.